The van der Waals surface area contributed by atoms with Crippen LogP contribution in [0, 0.1) is 0 Å². The zero-order chi connectivity index (χ0) is 25.7. The van der Waals surface area contributed by atoms with Crippen molar-refractivity contribution in [2.75, 3.05) is 6.54 Å². The second-order valence-electron chi connectivity index (χ2n) is 8.82. The van der Waals surface area contributed by atoms with Crippen LogP contribution < -0.4 is 16.2 Å². The molecule has 1 aromatic heterocycles. The monoisotopic (exact) mass is 490 g/mol. The molecule has 0 atom stereocenters. The topological polar surface area (TPSA) is 151 Å². The molecule has 0 unspecified atom stereocenters. The van der Waals surface area contributed by atoms with Crippen LogP contribution in [-0.4, -0.2) is 60.9 Å². The average molecular weight is 491 g/mol. The van der Waals surface area contributed by atoms with Crippen LogP contribution in [0.15, 0.2) is 54.6 Å². The van der Waals surface area contributed by atoms with Gasteiger partial charge in [-0.05, 0) is 43.2 Å². The van der Waals surface area contributed by atoms with Gasteiger partial charge in [0.1, 0.15) is 5.54 Å². The maximum atomic E-state index is 12.3. The van der Waals surface area contributed by atoms with E-state index < -0.39 is 23.4 Å². The van der Waals surface area contributed by atoms with Gasteiger partial charge in [0.2, 0.25) is 11.7 Å². The van der Waals surface area contributed by atoms with Gasteiger partial charge in [-0.15, -0.1) is 10.2 Å². The van der Waals surface area contributed by atoms with Crippen LogP contribution in [0.5, 0.6) is 0 Å². The fourth-order valence-corrected chi connectivity index (χ4v) is 3.62. The lowest BCUT2D eigenvalue weighted by Crippen LogP contribution is -2.42. The predicted octanol–water partition coefficient (Wildman–Crippen LogP) is 1.26. The first kappa shape index (κ1) is 24.5. The number of nitrogens with one attached hydrogen (secondary N) is 3. The SMILES string of the molecule is CC1(C)NC(=O)N(CCCC(=O)NNC(=O)c2ccc(Cn3nnc(-c4ccccc4)n3)cc2)C1=O. The van der Waals surface area contributed by atoms with E-state index in [0.717, 1.165) is 16.0 Å². The molecule has 36 heavy (non-hydrogen) atoms. The van der Waals surface area contributed by atoms with Crippen molar-refractivity contribution in [3.63, 3.8) is 0 Å². The number of hydrogen-bond acceptors (Lipinski definition) is 7. The molecular weight excluding hydrogens is 464 g/mol. The van der Waals surface area contributed by atoms with Crippen LogP contribution in [0.2, 0.25) is 0 Å². The maximum Gasteiger partial charge on any atom is 0.325 e. The number of urea groups is 1. The molecular formula is C24H26N8O4. The number of rotatable bonds is 8. The van der Waals surface area contributed by atoms with E-state index in [0.29, 0.717) is 17.9 Å². The van der Waals surface area contributed by atoms with Crippen molar-refractivity contribution in [1.82, 2.24) is 41.3 Å². The van der Waals surface area contributed by atoms with Crippen LogP contribution in [0.25, 0.3) is 11.4 Å². The van der Waals surface area contributed by atoms with Gasteiger partial charge in [0.15, 0.2) is 0 Å². The fourth-order valence-electron chi connectivity index (χ4n) is 3.62. The van der Waals surface area contributed by atoms with E-state index in [1.165, 1.54) is 4.80 Å². The third kappa shape index (κ3) is 5.71. The molecule has 5 amide bonds. The molecule has 4 rings (SSSR count). The van der Waals surface area contributed by atoms with Crippen LogP contribution in [0.4, 0.5) is 4.79 Å². The first-order chi connectivity index (χ1) is 17.2. The summed E-state index contributed by atoms with van der Waals surface area (Å²) in [6.07, 6.45) is 0.306. The highest BCUT2D eigenvalue weighted by molar-refractivity contribution is 6.06. The second kappa shape index (κ2) is 10.3. The summed E-state index contributed by atoms with van der Waals surface area (Å²) in [6, 6.07) is 15.8. The van der Waals surface area contributed by atoms with Gasteiger partial charge in [-0.25, -0.2) is 4.79 Å². The molecule has 0 saturated carbocycles. The number of aromatic nitrogens is 4. The Labute approximate surface area is 207 Å². The third-order valence-electron chi connectivity index (χ3n) is 5.57. The van der Waals surface area contributed by atoms with E-state index in [2.05, 4.69) is 31.6 Å². The Hall–Kier alpha value is -4.61. The van der Waals surface area contributed by atoms with E-state index in [4.69, 9.17) is 0 Å². The molecule has 0 spiro atoms. The summed E-state index contributed by atoms with van der Waals surface area (Å²) < 4.78 is 0. The number of nitrogens with zero attached hydrogens (tertiary/aromatic N) is 5. The Kier molecular flexibility index (Phi) is 7.04. The van der Waals surface area contributed by atoms with Crippen molar-refractivity contribution < 1.29 is 19.2 Å². The Morgan fingerprint density at radius 1 is 1.00 bits per heavy atom. The molecule has 0 bridgehead atoms. The summed E-state index contributed by atoms with van der Waals surface area (Å²) in [5.74, 6) is -0.712. The van der Waals surface area contributed by atoms with E-state index in [-0.39, 0.29) is 25.3 Å². The summed E-state index contributed by atoms with van der Waals surface area (Å²) in [7, 11) is 0. The van der Waals surface area contributed by atoms with Crippen molar-refractivity contribution in [3.8, 4) is 11.4 Å². The Morgan fingerprint density at radius 2 is 1.72 bits per heavy atom. The van der Waals surface area contributed by atoms with Crippen molar-refractivity contribution in [2.24, 2.45) is 0 Å². The first-order valence-corrected chi connectivity index (χ1v) is 11.4. The minimum Gasteiger partial charge on any atom is -0.324 e. The smallest absolute Gasteiger partial charge is 0.324 e. The number of tetrazole rings is 1. The zero-order valence-corrected chi connectivity index (χ0v) is 19.9. The number of carbonyl (C=O) groups is 4. The Morgan fingerprint density at radius 3 is 2.39 bits per heavy atom. The van der Waals surface area contributed by atoms with E-state index in [1.807, 2.05) is 30.3 Å². The van der Waals surface area contributed by atoms with Crippen molar-refractivity contribution in [3.05, 3.63) is 65.7 Å². The van der Waals surface area contributed by atoms with Crippen molar-refractivity contribution >= 4 is 23.8 Å². The van der Waals surface area contributed by atoms with Crippen LogP contribution in [0.3, 0.4) is 0 Å². The lowest BCUT2D eigenvalue weighted by atomic mass is 10.1. The maximum absolute atomic E-state index is 12.3. The van der Waals surface area contributed by atoms with E-state index >= 15 is 0 Å². The largest absolute Gasteiger partial charge is 0.325 e. The van der Waals surface area contributed by atoms with Gasteiger partial charge < -0.3 is 5.32 Å². The van der Waals surface area contributed by atoms with Gasteiger partial charge in [0.05, 0.1) is 6.54 Å². The molecule has 3 aromatic rings. The lowest BCUT2D eigenvalue weighted by molar-refractivity contribution is -0.130. The number of hydrazine groups is 1. The minimum atomic E-state index is -0.945. The van der Waals surface area contributed by atoms with Crippen molar-refractivity contribution in [1.29, 1.82) is 0 Å². The molecule has 12 heteroatoms. The molecule has 2 aromatic carbocycles. The molecule has 1 fully saturated rings. The first-order valence-electron chi connectivity index (χ1n) is 11.4. The number of hydrogen-bond donors (Lipinski definition) is 3. The molecule has 12 nitrogen and oxygen atoms in total. The van der Waals surface area contributed by atoms with Gasteiger partial charge in [-0.1, -0.05) is 42.5 Å². The number of carbonyl (C=O) groups excluding carboxylic acids is 4. The lowest BCUT2D eigenvalue weighted by Gasteiger charge is -2.15. The Balaban J connectivity index is 1.21. The van der Waals surface area contributed by atoms with Gasteiger partial charge in [0, 0.05) is 24.1 Å². The average Bonchev–Trinajstić information content (AvgIpc) is 3.41. The molecule has 3 N–H and O–H groups in total. The molecule has 0 radical (unpaired) electrons. The summed E-state index contributed by atoms with van der Waals surface area (Å²) in [5, 5.41) is 15.1. The third-order valence-corrected chi connectivity index (χ3v) is 5.57. The van der Waals surface area contributed by atoms with Gasteiger partial charge in [0.25, 0.3) is 11.8 Å². The molecule has 1 aliphatic rings. The number of benzene rings is 2. The fraction of sp³-hybridized carbons (Fsp3) is 0.292. The molecule has 0 aliphatic carbocycles. The van der Waals surface area contributed by atoms with E-state index in [9.17, 15) is 19.2 Å². The highest BCUT2D eigenvalue weighted by Gasteiger charge is 2.43. The minimum absolute atomic E-state index is 0.0343. The van der Waals surface area contributed by atoms with Gasteiger partial charge in [-0.3, -0.25) is 30.1 Å². The van der Waals surface area contributed by atoms with E-state index in [1.54, 1.807) is 38.1 Å². The molecule has 2 heterocycles. The van der Waals surface area contributed by atoms with Gasteiger partial charge in [-0.2, -0.15) is 4.80 Å². The normalized spacial score (nSPS) is 14.4. The highest BCUT2D eigenvalue weighted by Crippen LogP contribution is 2.17. The van der Waals surface area contributed by atoms with Crippen LogP contribution in [0.1, 0.15) is 42.6 Å². The summed E-state index contributed by atoms with van der Waals surface area (Å²) >= 11 is 0. The Bertz CT molecular complexity index is 1270. The molecule has 186 valence electrons. The highest BCUT2D eigenvalue weighted by atomic mass is 16.2. The second-order valence-corrected chi connectivity index (χ2v) is 8.82. The molecule has 1 saturated heterocycles. The number of imide groups is 1. The summed E-state index contributed by atoms with van der Waals surface area (Å²) in [4.78, 5) is 51.0. The predicted molar refractivity (Wildman–Crippen MR) is 128 cm³/mol. The summed E-state index contributed by atoms with van der Waals surface area (Å²) in [5.41, 5.74) is 5.86. The van der Waals surface area contributed by atoms with Crippen molar-refractivity contribution in [2.45, 2.75) is 38.8 Å². The molecule has 1 aliphatic heterocycles. The van der Waals surface area contributed by atoms with Gasteiger partial charge >= 0.3 is 6.03 Å². The standard InChI is InChI=1S/C24H26N8O4/c1-24(2)22(35)31(23(36)25-24)14-6-9-19(33)26-28-21(34)18-12-10-16(11-13-18)15-32-29-20(27-30-32)17-7-4-3-5-8-17/h3-5,7-8,10-13H,6,9,14-15H2,1-2H3,(H,25,36)(H,26,33)(H,28,34). The number of amides is 5. The van der Waals surface area contributed by atoms with Crippen LogP contribution >= 0.6 is 0 Å². The summed E-state index contributed by atoms with van der Waals surface area (Å²) in [6.45, 7) is 3.74. The van der Waals surface area contributed by atoms with Crippen LogP contribution in [-0.2, 0) is 16.1 Å². The quantitative estimate of drug-likeness (QED) is 0.318. The zero-order valence-electron chi connectivity index (χ0n) is 19.9.